The molecule has 6 nitrogen and oxygen atoms in total. The second-order valence-electron chi connectivity index (χ2n) is 6.80. The summed E-state index contributed by atoms with van der Waals surface area (Å²) in [5.74, 6) is -0.925. The molecule has 7 heteroatoms. The van der Waals surface area contributed by atoms with Crippen LogP contribution in [-0.4, -0.2) is 44.9 Å². The van der Waals surface area contributed by atoms with Crippen molar-refractivity contribution in [2.75, 3.05) is 20.2 Å². The monoisotopic (exact) mass is 382 g/mol. The van der Waals surface area contributed by atoms with Crippen LogP contribution in [0.25, 0.3) is 0 Å². The minimum absolute atomic E-state index is 0.0348. The standard InChI is InChI=1S/C19H30N2O4S/c1-3-25-19(22)17(14-16-10-6-4-7-11-16)15-20-26(23,24)21(2)18-12-8-5-9-13-18/h4,6-7,10-11,17-18,20H,3,5,8-9,12-15H2,1-2H3. The fourth-order valence-corrected chi connectivity index (χ4v) is 4.56. The van der Waals surface area contributed by atoms with Crippen molar-refractivity contribution >= 4 is 16.2 Å². The van der Waals surface area contributed by atoms with Crippen LogP contribution in [0.2, 0.25) is 0 Å². The smallest absolute Gasteiger partial charge is 0.310 e. The summed E-state index contributed by atoms with van der Waals surface area (Å²) >= 11 is 0. The van der Waals surface area contributed by atoms with Crippen LogP contribution in [0, 0.1) is 5.92 Å². The Kier molecular flexibility index (Phi) is 8.06. The van der Waals surface area contributed by atoms with E-state index in [0.717, 1.165) is 31.2 Å². The molecule has 146 valence electrons. The highest BCUT2D eigenvalue weighted by Gasteiger charge is 2.29. The summed E-state index contributed by atoms with van der Waals surface area (Å²) in [5, 5.41) is 0. The predicted octanol–water partition coefficient (Wildman–Crippen LogP) is 2.51. The molecule has 1 aromatic carbocycles. The number of carbonyl (C=O) groups excluding carboxylic acids is 1. The van der Waals surface area contributed by atoms with Gasteiger partial charge in [-0.05, 0) is 31.7 Å². The fourth-order valence-electron chi connectivity index (χ4n) is 3.35. The van der Waals surface area contributed by atoms with Gasteiger partial charge in [0.15, 0.2) is 0 Å². The lowest BCUT2D eigenvalue weighted by atomic mass is 9.96. The first-order valence-corrected chi connectivity index (χ1v) is 10.8. The Hall–Kier alpha value is -1.44. The lowest BCUT2D eigenvalue weighted by Crippen LogP contribution is -2.47. The zero-order valence-corrected chi connectivity index (χ0v) is 16.5. The quantitative estimate of drug-likeness (QED) is 0.666. The minimum atomic E-state index is -3.62. The number of hydrogen-bond donors (Lipinski definition) is 1. The van der Waals surface area contributed by atoms with Gasteiger partial charge in [-0.1, -0.05) is 49.6 Å². The molecule has 1 fully saturated rings. The van der Waals surface area contributed by atoms with Crippen molar-refractivity contribution in [2.24, 2.45) is 5.92 Å². The van der Waals surface area contributed by atoms with Crippen LogP contribution >= 0.6 is 0 Å². The number of nitrogens with zero attached hydrogens (tertiary/aromatic N) is 1. The van der Waals surface area contributed by atoms with E-state index < -0.39 is 16.1 Å². The van der Waals surface area contributed by atoms with Crippen molar-refractivity contribution in [2.45, 2.75) is 51.5 Å². The lowest BCUT2D eigenvalue weighted by Gasteiger charge is -2.30. The fraction of sp³-hybridized carbons (Fsp3) is 0.632. The summed E-state index contributed by atoms with van der Waals surface area (Å²) in [6, 6.07) is 9.60. The van der Waals surface area contributed by atoms with Gasteiger partial charge in [-0.25, -0.2) is 4.72 Å². The minimum Gasteiger partial charge on any atom is -0.466 e. The SMILES string of the molecule is CCOC(=O)C(CNS(=O)(=O)N(C)C1CCCCC1)Cc1ccccc1. The summed E-state index contributed by atoms with van der Waals surface area (Å²) in [4.78, 5) is 12.3. The van der Waals surface area contributed by atoms with Gasteiger partial charge in [0.25, 0.3) is 10.2 Å². The van der Waals surface area contributed by atoms with Crippen molar-refractivity contribution in [1.29, 1.82) is 0 Å². The van der Waals surface area contributed by atoms with Gasteiger partial charge in [0.2, 0.25) is 0 Å². The van der Waals surface area contributed by atoms with E-state index in [1.165, 1.54) is 10.7 Å². The number of ether oxygens (including phenoxy) is 1. The Balaban J connectivity index is 2.01. The second-order valence-corrected chi connectivity index (χ2v) is 8.62. The van der Waals surface area contributed by atoms with Crippen LogP contribution in [0.1, 0.15) is 44.6 Å². The van der Waals surface area contributed by atoms with Crippen molar-refractivity contribution in [3.8, 4) is 0 Å². The summed E-state index contributed by atoms with van der Waals surface area (Å²) in [5.41, 5.74) is 0.977. The van der Waals surface area contributed by atoms with E-state index in [-0.39, 0.29) is 25.2 Å². The van der Waals surface area contributed by atoms with Gasteiger partial charge in [0.05, 0.1) is 12.5 Å². The normalized spacial score (nSPS) is 17.2. The molecular formula is C19H30N2O4S. The van der Waals surface area contributed by atoms with Crippen molar-refractivity contribution in [1.82, 2.24) is 9.03 Å². The maximum Gasteiger partial charge on any atom is 0.310 e. The zero-order chi connectivity index (χ0) is 19.0. The third-order valence-electron chi connectivity index (χ3n) is 4.93. The molecule has 0 radical (unpaired) electrons. The molecule has 0 spiro atoms. The average molecular weight is 383 g/mol. The summed E-state index contributed by atoms with van der Waals surface area (Å²) in [7, 11) is -2.00. The highest BCUT2D eigenvalue weighted by molar-refractivity contribution is 7.87. The largest absolute Gasteiger partial charge is 0.466 e. The Morgan fingerprint density at radius 1 is 1.23 bits per heavy atom. The van der Waals surface area contributed by atoms with Gasteiger partial charge >= 0.3 is 5.97 Å². The van der Waals surface area contributed by atoms with Gasteiger partial charge < -0.3 is 4.74 Å². The van der Waals surface area contributed by atoms with Crippen LogP contribution in [0.4, 0.5) is 0 Å². The van der Waals surface area contributed by atoms with E-state index in [4.69, 9.17) is 4.74 Å². The maximum absolute atomic E-state index is 12.6. The number of benzene rings is 1. The second kappa shape index (κ2) is 10.0. The van der Waals surface area contributed by atoms with Crippen molar-refractivity contribution < 1.29 is 17.9 Å². The Labute approximate surface area is 157 Å². The van der Waals surface area contributed by atoms with Gasteiger partial charge in [0, 0.05) is 19.6 Å². The zero-order valence-electron chi connectivity index (χ0n) is 15.7. The number of nitrogens with one attached hydrogen (secondary N) is 1. The predicted molar refractivity (Wildman–Crippen MR) is 102 cm³/mol. The van der Waals surface area contributed by atoms with Gasteiger partial charge in [-0.2, -0.15) is 12.7 Å². The first kappa shape index (κ1) is 20.9. The summed E-state index contributed by atoms with van der Waals surface area (Å²) in [6.45, 7) is 2.06. The number of rotatable bonds is 9. The molecule has 1 aliphatic carbocycles. The summed E-state index contributed by atoms with van der Waals surface area (Å²) < 4.78 is 34.4. The molecule has 1 atom stereocenters. The number of hydrogen-bond acceptors (Lipinski definition) is 4. The van der Waals surface area contributed by atoms with Crippen LogP contribution in [0.5, 0.6) is 0 Å². The Morgan fingerprint density at radius 2 is 1.88 bits per heavy atom. The maximum atomic E-state index is 12.6. The molecule has 2 rings (SSSR count). The molecule has 0 aromatic heterocycles. The van der Waals surface area contributed by atoms with Crippen LogP contribution < -0.4 is 4.72 Å². The first-order valence-electron chi connectivity index (χ1n) is 9.37. The molecular weight excluding hydrogens is 352 g/mol. The number of esters is 1. The van der Waals surface area contributed by atoms with E-state index in [2.05, 4.69) is 4.72 Å². The number of carbonyl (C=O) groups is 1. The molecule has 0 amide bonds. The van der Waals surface area contributed by atoms with Gasteiger partial charge in [-0.15, -0.1) is 0 Å². The van der Waals surface area contributed by atoms with Gasteiger partial charge in [-0.3, -0.25) is 4.79 Å². The van der Waals surface area contributed by atoms with E-state index in [0.29, 0.717) is 6.42 Å². The molecule has 1 unspecified atom stereocenters. The lowest BCUT2D eigenvalue weighted by molar-refractivity contribution is -0.147. The first-order chi connectivity index (χ1) is 12.4. The topological polar surface area (TPSA) is 75.7 Å². The molecule has 1 saturated carbocycles. The van der Waals surface area contributed by atoms with Crippen LogP contribution in [0.15, 0.2) is 30.3 Å². The van der Waals surface area contributed by atoms with Gasteiger partial charge in [0.1, 0.15) is 0 Å². The highest BCUT2D eigenvalue weighted by Crippen LogP contribution is 2.23. The molecule has 0 bridgehead atoms. The van der Waals surface area contributed by atoms with Crippen molar-refractivity contribution in [3.63, 3.8) is 0 Å². The molecule has 1 aliphatic rings. The van der Waals surface area contributed by atoms with Crippen LogP contribution in [0.3, 0.4) is 0 Å². The average Bonchev–Trinajstić information content (AvgIpc) is 2.66. The van der Waals surface area contributed by atoms with Crippen molar-refractivity contribution in [3.05, 3.63) is 35.9 Å². The molecule has 0 saturated heterocycles. The Morgan fingerprint density at radius 3 is 2.50 bits per heavy atom. The highest BCUT2D eigenvalue weighted by atomic mass is 32.2. The van der Waals surface area contributed by atoms with E-state index in [1.54, 1.807) is 14.0 Å². The molecule has 1 aromatic rings. The third-order valence-corrected chi connectivity index (χ3v) is 6.51. The van der Waals surface area contributed by atoms with E-state index in [9.17, 15) is 13.2 Å². The molecule has 26 heavy (non-hydrogen) atoms. The molecule has 1 N–H and O–H groups in total. The van der Waals surface area contributed by atoms with E-state index in [1.807, 2.05) is 30.3 Å². The summed E-state index contributed by atoms with van der Waals surface area (Å²) in [6.07, 6.45) is 5.51. The van der Waals surface area contributed by atoms with E-state index >= 15 is 0 Å². The van der Waals surface area contributed by atoms with Crippen LogP contribution in [-0.2, 0) is 26.2 Å². The molecule has 0 heterocycles. The Bertz CT molecular complexity index is 657. The third kappa shape index (κ3) is 6.07. The molecule has 0 aliphatic heterocycles.